The lowest BCUT2D eigenvalue weighted by molar-refractivity contribution is -0.115. The normalized spacial score (nSPS) is 15.6. The Hall–Kier alpha value is -1.60. The van der Waals surface area contributed by atoms with Crippen LogP contribution in [0.1, 0.15) is 11.1 Å². The van der Waals surface area contributed by atoms with E-state index in [1.54, 1.807) is 30.3 Å². The van der Waals surface area contributed by atoms with Gasteiger partial charge in [-0.15, -0.1) is 0 Å². The zero-order chi connectivity index (χ0) is 18.0. The molecule has 2 aromatic carbocycles. The molecule has 0 aromatic heterocycles. The lowest BCUT2D eigenvalue weighted by Gasteiger charge is -2.11. The fraction of sp³-hybridized carbons (Fsp3) is 0.0588. The molecule has 1 aliphatic heterocycles. The minimum atomic E-state index is -0.314. The van der Waals surface area contributed by atoms with E-state index in [4.69, 9.17) is 40.2 Å². The largest absolute Gasteiger partial charge is 0.486 e. The van der Waals surface area contributed by atoms with E-state index in [1.807, 2.05) is 0 Å². The van der Waals surface area contributed by atoms with Gasteiger partial charge in [-0.05, 0) is 41.5 Å². The highest BCUT2D eigenvalue weighted by molar-refractivity contribution is 8.26. The molecule has 1 heterocycles. The second kappa shape index (κ2) is 7.74. The van der Waals surface area contributed by atoms with Crippen LogP contribution in [0.3, 0.4) is 0 Å². The van der Waals surface area contributed by atoms with Crippen LogP contribution in [0.2, 0.25) is 10.0 Å². The standard InChI is InChI=1S/C17H10Cl2FNO2S2/c18-12-5-10(7-14-16(22)21-17(24)25-14)6-13(19)15(12)23-8-9-1-3-11(20)4-2-9/h1-7H,8H2,(H,21,22,24)/b14-7-. The first-order valence-electron chi connectivity index (χ1n) is 7.03. The number of amides is 1. The molecule has 8 heteroatoms. The average molecular weight is 414 g/mol. The molecule has 2 aromatic rings. The van der Waals surface area contributed by atoms with E-state index >= 15 is 0 Å². The summed E-state index contributed by atoms with van der Waals surface area (Å²) >= 11 is 18.6. The summed E-state index contributed by atoms with van der Waals surface area (Å²) in [7, 11) is 0. The van der Waals surface area contributed by atoms with Gasteiger partial charge in [-0.1, -0.05) is 59.3 Å². The van der Waals surface area contributed by atoms with Crippen molar-refractivity contribution in [1.29, 1.82) is 0 Å². The monoisotopic (exact) mass is 413 g/mol. The Kier molecular flexibility index (Phi) is 5.64. The Morgan fingerprint density at radius 3 is 2.40 bits per heavy atom. The third-order valence-electron chi connectivity index (χ3n) is 3.26. The fourth-order valence-corrected chi connectivity index (χ4v) is 3.77. The van der Waals surface area contributed by atoms with Gasteiger partial charge in [0.15, 0.2) is 5.75 Å². The molecule has 0 unspecified atom stereocenters. The van der Waals surface area contributed by atoms with E-state index in [2.05, 4.69) is 5.32 Å². The molecule has 0 bridgehead atoms. The number of halogens is 3. The topological polar surface area (TPSA) is 38.3 Å². The Labute approximate surface area is 163 Å². The number of carbonyl (C=O) groups is 1. The molecule has 0 aliphatic carbocycles. The smallest absolute Gasteiger partial charge is 0.263 e. The second-order valence-corrected chi connectivity index (χ2v) is 7.61. The third kappa shape index (κ3) is 4.52. The molecule has 1 N–H and O–H groups in total. The van der Waals surface area contributed by atoms with E-state index in [9.17, 15) is 9.18 Å². The molecule has 25 heavy (non-hydrogen) atoms. The highest BCUT2D eigenvalue weighted by atomic mass is 35.5. The van der Waals surface area contributed by atoms with Crippen molar-refractivity contribution in [2.45, 2.75) is 6.61 Å². The van der Waals surface area contributed by atoms with Crippen LogP contribution in [0.15, 0.2) is 41.3 Å². The van der Waals surface area contributed by atoms with Gasteiger partial charge in [0.2, 0.25) is 0 Å². The molecule has 0 atom stereocenters. The highest BCUT2D eigenvalue weighted by Crippen LogP contribution is 2.36. The van der Waals surface area contributed by atoms with E-state index in [1.165, 1.54) is 23.9 Å². The molecule has 3 nitrogen and oxygen atoms in total. The molecule has 1 fully saturated rings. The summed E-state index contributed by atoms with van der Waals surface area (Å²) in [5, 5.41) is 3.16. The van der Waals surface area contributed by atoms with E-state index in [0.29, 0.717) is 30.6 Å². The summed E-state index contributed by atoms with van der Waals surface area (Å²) in [6, 6.07) is 9.24. The van der Waals surface area contributed by atoms with E-state index in [-0.39, 0.29) is 18.3 Å². The van der Waals surface area contributed by atoms with Gasteiger partial charge in [-0.25, -0.2) is 4.39 Å². The van der Waals surface area contributed by atoms with Gasteiger partial charge >= 0.3 is 0 Å². The number of rotatable bonds is 4. The predicted octanol–water partition coefficient (Wildman–Crippen LogP) is 5.20. The van der Waals surface area contributed by atoms with Gasteiger partial charge < -0.3 is 10.1 Å². The Bertz CT molecular complexity index is 862. The van der Waals surface area contributed by atoms with Gasteiger partial charge in [-0.3, -0.25) is 4.79 Å². The second-order valence-electron chi connectivity index (χ2n) is 5.08. The van der Waals surface area contributed by atoms with Crippen molar-refractivity contribution in [1.82, 2.24) is 5.32 Å². The van der Waals surface area contributed by atoms with Gasteiger partial charge in [-0.2, -0.15) is 0 Å². The maximum atomic E-state index is 12.9. The van der Waals surface area contributed by atoms with Crippen LogP contribution in [0.25, 0.3) is 6.08 Å². The molecular weight excluding hydrogens is 404 g/mol. The lowest BCUT2D eigenvalue weighted by atomic mass is 10.2. The molecular formula is C17H10Cl2FNO2S2. The molecule has 1 amide bonds. The fourth-order valence-electron chi connectivity index (χ4n) is 2.11. The van der Waals surface area contributed by atoms with Gasteiger partial charge in [0.25, 0.3) is 5.91 Å². The molecule has 0 saturated carbocycles. The SMILES string of the molecule is O=C1NC(=S)S/C1=C\c1cc(Cl)c(OCc2ccc(F)cc2)c(Cl)c1. The van der Waals surface area contributed by atoms with Crippen molar-refractivity contribution in [3.05, 3.63) is 68.3 Å². The summed E-state index contributed by atoms with van der Waals surface area (Å²) < 4.78 is 19.0. The summed E-state index contributed by atoms with van der Waals surface area (Å²) in [5.74, 6) is -0.238. The maximum absolute atomic E-state index is 12.9. The van der Waals surface area contributed by atoms with Crippen LogP contribution in [0.4, 0.5) is 4.39 Å². The third-order valence-corrected chi connectivity index (χ3v) is 4.98. The number of nitrogens with one attached hydrogen (secondary N) is 1. The van der Waals surface area contributed by atoms with Crippen molar-refractivity contribution in [2.24, 2.45) is 0 Å². The average Bonchev–Trinajstić information content (AvgIpc) is 2.86. The van der Waals surface area contributed by atoms with Gasteiger partial charge in [0.1, 0.15) is 16.7 Å². The summed E-state index contributed by atoms with van der Waals surface area (Å²) in [4.78, 5) is 12.2. The Balaban J connectivity index is 1.78. The predicted molar refractivity (Wildman–Crippen MR) is 104 cm³/mol. The van der Waals surface area contributed by atoms with Gasteiger partial charge in [0, 0.05) is 0 Å². The molecule has 1 saturated heterocycles. The maximum Gasteiger partial charge on any atom is 0.263 e. The molecule has 0 radical (unpaired) electrons. The molecule has 3 rings (SSSR count). The number of carbonyl (C=O) groups excluding carboxylic acids is 1. The number of ether oxygens (including phenoxy) is 1. The number of benzene rings is 2. The van der Waals surface area contributed by atoms with Crippen LogP contribution in [0, 0.1) is 5.82 Å². The summed E-state index contributed by atoms with van der Waals surface area (Å²) in [5.41, 5.74) is 1.44. The minimum Gasteiger partial charge on any atom is -0.486 e. The van der Waals surface area contributed by atoms with Gasteiger partial charge in [0.05, 0.1) is 15.0 Å². The van der Waals surface area contributed by atoms with Crippen LogP contribution < -0.4 is 10.1 Å². The zero-order valence-corrected chi connectivity index (χ0v) is 15.7. The van der Waals surface area contributed by atoms with Crippen molar-refractivity contribution < 1.29 is 13.9 Å². The quantitative estimate of drug-likeness (QED) is 0.551. The summed E-state index contributed by atoms with van der Waals surface area (Å²) in [6.45, 7) is 0.201. The van der Waals surface area contributed by atoms with Crippen molar-refractivity contribution in [3.8, 4) is 5.75 Å². The first kappa shape index (κ1) is 18.2. The number of hydrogen-bond donors (Lipinski definition) is 1. The first-order chi connectivity index (χ1) is 11.9. The molecule has 128 valence electrons. The molecule has 1 aliphatic rings. The first-order valence-corrected chi connectivity index (χ1v) is 9.01. The van der Waals surface area contributed by atoms with Crippen molar-refractivity contribution in [2.75, 3.05) is 0 Å². The Morgan fingerprint density at radius 1 is 1.20 bits per heavy atom. The van der Waals surface area contributed by atoms with Crippen molar-refractivity contribution >= 4 is 63.5 Å². The van der Waals surface area contributed by atoms with Crippen LogP contribution >= 0.6 is 47.2 Å². The molecule has 0 spiro atoms. The van der Waals surface area contributed by atoms with E-state index in [0.717, 1.165) is 5.56 Å². The number of hydrogen-bond acceptors (Lipinski definition) is 4. The lowest BCUT2D eigenvalue weighted by Crippen LogP contribution is -2.17. The van der Waals surface area contributed by atoms with Crippen LogP contribution in [-0.2, 0) is 11.4 Å². The number of thioether (sulfide) groups is 1. The van der Waals surface area contributed by atoms with E-state index < -0.39 is 0 Å². The highest BCUT2D eigenvalue weighted by Gasteiger charge is 2.22. The summed E-state index contributed by atoms with van der Waals surface area (Å²) in [6.07, 6.45) is 1.65. The van der Waals surface area contributed by atoms with Crippen molar-refractivity contribution in [3.63, 3.8) is 0 Å². The minimum absolute atomic E-state index is 0.201. The Morgan fingerprint density at radius 2 is 1.84 bits per heavy atom. The zero-order valence-electron chi connectivity index (χ0n) is 12.5. The van der Waals surface area contributed by atoms with Crippen LogP contribution in [-0.4, -0.2) is 10.2 Å². The van der Waals surface area contributed by atoms with Crippen LogP contribution in [0.5, 0.6) is 5.75 Å². The number of thiocarbonyl (C=S) groups is 1.